The summed E-state index contributed by atoms with van der Waals surface area (Å²) < 4.78 is 46.1. The smallest absolute Gasteiger partial charge is 0.362 e. The van der Waals surface area contributed by atoms with Crippen LogP contribution in [0.25, 0.3) is 0 Å². The van der Waals surface area contributed by atoms with Gasteiger partial charge in [0.1, 0.15) is 6.10 Å². The molecule has 0 aliphatic rings. The third-order valence-electron chi connectivity index (χ3n) is 6.36. The van der Waals surface area contributed by atoms with Crippen molar-refractivity contribution in [1.29, 1.82) is 0 Å². The van der Waals surface area contributed by atoms with Gasteiger partial charge in [-0.1, -0.05) is 102 Å². The first-order chi connectivity index (χ1) is 17.0. The minimum Gasteiger partial charge on any atom is -0.393 e. The maximum atomic E-state index is 12.8. The molecule has 0 amide bonds. The SMILES string of the molecule is CCCCCCCCCCS(=O)(=O)NC(CCCC)C(O)C(CO)(OCc1ccccc1)P(=O)(O)O. The molecule has 0 fully saturated rings. The lowest BCUT2D eigenvalue weighted by Crippen LogP contribution is -2.58. The molecule has 9 nitrogen and oxygen atoms in total. The largest absolute Gasteiger partial charge is 0.393 e. The Labute approximate surface area is 216 Å². The highest BCUT2D eigenvalue weighted by Crippen LogP contribution is 2.54. The van der Waals surface area contributed by atoms with E-state index in [1.165, 1.54) is 19.3 Å². The van der Waals surface area contributed by atoms with Gasteiger partial charge in [-0.15, -0.1) is 0 Å². The van der Waals surface area contributed by atoms with Gasteiger partial charge in [-0.3, -0.25) is 4.57 Å². The van der Waals surface area contributed by atoms with Crippen molar-refractivity contribution in [2.45, 2.75) is 109 Å². The van der Waals surface area contributed by atoms with Crippen LogP contribution in [0.2, 0.25) is 0 Å². The van der Waals surface area contributed by atoms with Crippen molar-refractivity contribution in [3.8, 4) is 0 Å². The number of aliphatic hydroxyl groups excluding tert-OH is 2. The van der Waals surface area contributed by atoms with Crippen molar-refractivity contribution < 1.29 is 37.7 Å². The maximum absolute atomic E-state index is 12.8. The van der Waals surface area contributed by atoms with Gasteiger partial charge in [0.15, 0.2) is 0 Å². The van der Waals surface area contributed by atoms with Crippen molar-refractivity contribution >= 4 is 17.6 Å². The second-order valence-corrected chi connectivity index (χ2v) is 13.1. The molecule has 0 spiro atoms. The Morgan fingerprint density at radius 2 is 1.50 bits per heavy atom. The summed E-state index contributed by atoms with van der Waals surface area (Å²) >= 11 is 0. The highest BCUT2D eigenvalue weighted by Gasteiger charge is 2.56. The molecular formula is C25H46NO8PS. The summed E-state index contributed by atoms with van der Waals surface area (Å²) in [5.41, 5.74) is 0.580. The third kappa shape index (κ3) is 11.3. The lowest BCUT2D eigenvalue weighted by molar-refractivity contribution is -0.122. The van der Waals surface area contributed by atoms with Crippen LogP contribution in [0.1, 0.15) is 90.0 Å². The monoisotopic (exact) mass is 551 g/mol. The number of rotatable bonds is 21. The van der Waals surface area contributed by atoms with E-state index in [0.29, 0.717) is 24.8 Å². The summed E-state index contributed by atoms with van der Waals surface area (Å²) in [6.07, 6.45) is 7.25. The van der Waals surface area contributed by atoms with Gasteiger partial charge >= 0.3 is 7.60 Å². The summed E-state index contributed by atoms with van der Waals surface area (Å²) in [5.74, 6) is -0.149. The van der Waals surface area contributed by atoms with E-state index in [4.69, 9.17) is 4.74 Å². The predicted octanol–water partition coefficient (Wildman–Crippen LogP) is 4.05. The van der Waals surface area contributed by atoms with Crippen LogP contribution in [0.3, 0.4) is 0 Å². The van der Waals surface area contributed by atoms with Gasteiger partial charge in [0.2, 0.25) is 15.4 Å². The first-order valence-corrected chi connectivity index (χ1v) is 16.3. The highest BCUT2D eigenvalue weighted by atomic mass is 32.2. The molecule has 1 rings (SSSR count). The number of nitrogens with one attached hydrogen (secondary N) is 1. The second kappa shape index (κ2) is 16.9. The molecule has 3 unspecified atom stereocenters. The van der Waals surface area contributed by atoms with Gasteiger partial charge in [0, 0.05) is 0 Å². The minimum atomic E-state index is -5.25. The van der Waals surface area contributed by atoms with E-state index in [1.54, 1.807) is 30.3 Å². The lowest BCUT2D eigenvalue weighted by atomic mass is 10.0. The number of aliphatic hydroxyl groups is 2. The van der Waals surface area contributed by atoms with E-state index in [2.05, 4.69) is 11.6 Å². The van der Waals surface area contributed by atoms with Gasteiger partial charge in [0.25, 0.3) is 0 Å². The molecule has 0 heterocycles. The molecular weight excluding hydrogens is 505 g/mol. The van der Waals surface area contributed by atoms with Crippen LogP contribution < -0.4 is 4.72 Å². The molecule has 11 heteroatoms. The second-order valence-electron chi connectivity index (χ2n) is 9.43. The Kier molecular flexibility index (Phi) is 15.6. The minimum absolute atomic E-state index is 0.130. The van der Waals surface area contributed by atoms with Gasteiger partial charge in [0.05, 0.1) is 25.0 Å². The van der Waals surface area contributed by atoms with E-state index in [9.17, 15) is 33.0 Å². The number of ether oxygens (including phenoxy) is 1. The summed E-state index contributed by atoms with van der Waals surface area (Å²) in [4.78, 5) is 20.2. The molecule has 0 aliphatic carbocycles. The number of sulfonamides is 1. The topological polar surface area (TPSA) is 153 Å². The average molecular weight is 552 g/mol. The fourth-order valence-electron chi connectivity index (χ4n) is 4.09. The van der Waals surface area contributed by atoms with E-state index >= 15 is 0 Å². The van der Waals surface area contributed by atoms with Gasteiger partial charge in [-0.2, -0.15) is 0 Å². The molecule has 1 aromatic rings. The Balaban J connectivity index is 2.92. The summed E-state index contributed by atoms with van der Waals surface area (Å²) in [6.45, 7) is 2.57. The summed E-state index contributed by atoms with van der Waals surface area (Å²) in [6, 6.07) is 7.32. The number of unbranched alkanes of at least 4 members (excludes halogenated alkanes) is 8. The molecule has 0 aliphatic heterocycles. The molecule has 0 saturated carbocycles. The molecule has 0 radical (unpaired) electrons. The lowest BCUT2D eigenvalue weighted by Gasteiger charge is -2.40. The Morgan fingerprint density at radius 3 is 2.03 bits per heavy atom. The van der Waals surface area contributed by atoms with Crippen LogP contribution in [0, 0.1) is 0 Å². The fraction of sp³-hybridized carbons (Fsp3) is 0.760. The van der Waals surface area contributed by atoms with E-state index < -0.39 is 41.7 Å². The quantitative estimate of drug-likeness (QED) is 0.113. The Bertz CT molecular complexity index is 864. The Morgan fingerprint density at radius 1 is 0.944 bits per heavy atom. The van der Waals surface area contributed by atoms with Crippen LogP contribution in [0.4, 0.5) is 0 Å². The standard InChI is InChI=1S/C25H46NO8PS/c1-3-5-7-8-9-10-11-15-19-36(32,33)26-23(18-6-4-2)24(28)25(21-27,35(29,30)31)34-20-22-16-13-12-14-17-22/h12-14,16-17,23-24,26-28H,3-11,15,18-21H2,1-2H3,(H2,29,30,31). The van der Waals surface area contributed by atoms with Crippen molar-refractivity contribution in [2.24, 2.45) is 0 Å². The first-order valence-electron chi connectivity index (χ1n) is 13.1. The van der Waals surface area contributed by atoms with Crippen LogP contribution >= 0.6 is 7.60 Å². The fourth-order valence-corrected chi connectivity index (χ4v) is 6.44. The molecule has 210 valence electrons. The van der Waals surface area contributed by atoms with Crippen LogP contribution in [0.5, 0.6) is 0 Å². The highest BCUT2D eigenvalue weighted by molar-refractivity contribution is 7.89. The molecule has 0 aromatic heterocycles. The third-order valence-corrected chi connectivity index (χ3v) is 9.37. The van der Waals surface area contributed by atoms with Crippen LogP contribution in [-0.4, -0.2) is 58.3 Å². The summed E-state index contributed by atoms with van der Waals surface area (Å²) in [7, 11) is -9.09. The summed E-state index contributed by atoms with van der Waals surface area (Å²) in [5, 5.41) is 18.5. The van der Waals surface area contributed by atoms with Gasteiger partial charge in [-0.05, 0) is 18.4 Å². The zero-order valence-corrected chi connectivity index (χ0v) is 23.4. The van der Waals surface area contributed by atoms with Crippen LogP contribution in [-0.2, 0) is 25.9 Å². The number of hydrogen-bond acceptors (Lipinski definition) is 6. The Hall–Kier alpha value is -0.840. The average Bonchev–Trinajstić information content (AvgIpc) is 2.83. The van der Waals surface area contributed by atoms with E-state index in [1.807, 2.05) is 6.92 Å². The van der Waals surface area contributed by atoms with Gasteiger partial charge < -0.3 is 24.7 Å². The van der Waals surface area contributed by atoms with Crippen molar-refractivity contribution in [2.75, 3.05) is 12.4 Å². The van der Waals surface area contributed by atoms with Crippen molar-refractivity contribution in [3.05, 3.63) is 35.9 Å². The normalized spacial score (nSPS) is 15.9. The van der Waals surface area contributed by atoms with Crippen molar-refractivity contribution in [3.63, 3.8) is 0 Å². The molecule has 3 atom stereocenters. The van der Waals surface area contributed by atoms with E-state index in [-0.39, 0.29) is 18.8 Å². The molecule has 0 saturated heterocycles. The molecule has 0 bridgehead atoms. The number of hydrogen-bond donors (Lipinski definition) is 5. The predicted molar refractivity (Wildman–Crippen MR) is 142 cm³/mol. The molecule has 1 aromatic carbocycles. The zero-order valence-electron chi connectivity index (χ0n) is 21.7. The molecule has 5 N–H and O–H groups in total. The zero-order chi connectivity index (χ0) is 27.1. The molecule has 36 heavy (non-hydrogen) atoms. The van der Waals surface area contributed by atoms with Crippen molar-refractivity contribution in [1.82, 2.24) is 4.72 Å². The number of benzene rings is 1. The first kappa shape index (κ1) is 33.2. The maximum Gasteiger partial charge on any atom is 0.362 e. The van der Waals surface area contributed by atoms with Gasteiger partial charge in [-0.25, -0.2) is 13.1 Å². The van der Waals surface area contributed by atoms with E-state index in [0.717, 1.165) is 25.7 Å². The van der Waals surface area contributed by atoms with Crippen LogP contribution in [0.15, 0.2) is 30.3 Å².